The van der Waals surface area contributed by atoms with Gasteiger partial charge in [0.1, 0.15) is 0 Å². The third kappa shape index (κ3) is 7.68. The molecule has 148 valence electrons. The molecule has 1 saturated carbocycles. The Balaban J connectivity index is 1.56. The first-order chi connectivity index (χ1) is 13.1. The lowest BCUT2D eigenvalue weighted by molar-refractivity contribution is -0.121. The molecule has 0 bridgehead atoms. The lowest BCUT2D eigenvalue weighted by Gasteiger charge is -2.22. The molecule has 0 radical (unpaired) electrons. The summed E-state index contributed by atoms with van der Waals surface area (Å²) in [5.74, 6) is -0.640. The van der Waals surface area contributed by atoms with Gasteiger partial charge in [-0.3, -0.25) is 20.4 Å². The highest BCUT2D eigenvalue weighted by atomic mass is 16.2. The molecule has 0 aliphatic heterocycles. The molecule has 1 aromatic carbocycles. The van der Waals surface area contributed by atoms with Gasteiger partial charge < -0.3 is 10.6 Å². The number of hydrazine groups is 1. The molecule has 7 heteroatoms. The quantitative estimate of drug-likeness (QED) is 0.436. The predicted molar refractivity (Wildman–Crippen MR) is 104 cm³/mol. The maximum atomic E-state index is 12.0. The second kappa shape index (κ2) is 11.2. The summed E-state index contributed by atoms with van der Waals surface area (Å²) in [6.07, 6.45) is 7.29. The Morgan fingerprint density at radius 1 is 1.00 bits per heavy atom. The zero-order valence-electron chi connectivity index (χ0n) is 16.0. The van der Waals surface area contributed by atoms with Gasteiger partial charge in [-0.05, 0) is 43.4 Å². The highest BCUT2D eigenvalue weighted by Crippen LogP contribution is 2.17. The summed E-state index contributed by atoms with van der Waals surface area (Å²) < 4.78 is 0. The molecule has 2 rings (SSSR count). The first-order valence-corrected chi connectivity index (χ1v) is 9.81. The molecule has 0 saturated heterocycles. The van der Waals surface area contributed by atoms with Gasteiger partial charge in [0.05, 0.1) is 0 Å². The highest BCUT2D eigenvalue weighted by Gasteiger charge is 2.15. The number of carbonyl (C=O) groups excluding carboxylic acids is 3. The Morgan fingerprint density at radius 2 is 1.70 bits per heavy atom. The number of aryl methyl sites for hydroxylation is 1. The Kier molecular flexibility index (Phi) is 8.61. The number of hydrogen-bond acceptors (Lipinski definition) is 3. The van der Waals surface area contributed by atoms with E-state index < -0.39 is 0 Å². The van der Waals surface area contributed by atoms with E-state index in [1.165, 1.54) is 19.3 Å². The monoisotopic (exact) mass is 374 g/mol. The van der Waals surface area contributed by atoms with Gasteiger partial charge in [0.25, 0.3) is 5.91 Å². The van der Waals surface area contributed by atoms with Crippen LogP contribution in [0.1, 0.15) is 67.8 Å². The van der Waals surface area contributed by atoms with Gasteiger partial charge in [-0.25, -0.2) is 4.79 Å². The topological polar surface area (TPSA) is 99.3 Å². The van der Waals surface area contributed by atoms with Crippen molar-refractivity contribution in [1.29, 1.82) is 0 Å². The second-order valence-electron chi connectivity index (χ2n) is 6.89. The normalized spacial score (nSPS) is 14.3. The lowest BCUT2D eigenvalue weighted by atomic mass is 9.96. The summed E-state index contributed by atoms with van der Waals surface area (Å²) in [6.45, 7) is 2.46. The molecular weight excluding hydrogens is 344 g/mol. The third-order valence-corrected chi connectivity index (χ3v) is 4.75. The Hall–Kier alpha value is -2.57. The van der Waals surface area contributed by atoms with Crippen molar-refractivity contribution in [2.75, 3.05) is 6.54 Å². The van der Waals surface area contributed by atoms with Crippen LogP contribution in [0.25, 0.3) is 0 Å². The minimum atomic E-state index is -0.351. The summed E-state index contributed by atoms with van der Waals surface area (Å²) in [5, 5.41) is 5.74. The molecule has 1 fully saturated rings. The zero-order valence-corrected chi connectivity index (χ0v) is 16.0. The maximum absolute atomic E-state index is 12.0. The van der Waals surface area contributed by atoms with Crippen molar-refractivity contribution in [3.05, 3.63) is 35.4 Å². The van der Waals surface area contributed by atoms with E-state index in [2.05, 4.69) is 21.5 Å². The molecule has 1 aliphatic carbocycles. The van der Waals surface area contributed by atoms with Crippen molar-refractivity contribution in [1.82, 2.24) is 21.5 Å². The number of nitrogens with one attached hydrogen (secondary N) is 4. The average molecular weight is 374 g/mol. The van der Waals surface area contributed by atoms with Gasteiger partial charge >= 0.3 is 6.03 Å². The molecular formula is C20H30N4O3. The van der Waals surface area contributed by atoms with Gasteiger partial charge in [0.2, 0.25) is 5.91 Å². The summed E-state index contributed by atoms with van der Waals surface area (Å²) >= 11 is 0. The zero-order chi connectivity index (χ0) is 19.5. The van der Waals surface area contributed by atoms with Crippen molar-refractivity contribution in [3.8, 4) is 0 Å². The molecule has 0 heterocycles. The van der Waals surface area contributed by atoms with Gasteiger partial charge in [-0.2, -0.15) is 0 Å². The number of urea groups is 1. The molecule has 0 aromatic heterocycles. The average Bonchev–Trinajstić information content (AvgIpc) is 2.70. The third-order valence-electron chi connectivity index (χ3n) is 4.75. The van der Waals surface area contributed by atoms with Crippen LogP contribution in [0.15, 0.2) is 24.3 Å². The Bertz CT molecular complexity index is 625. The van der Waals surface area contributed by atoms with Crippen LogP contribution >= 0.6 is 0 Å². The van der Waals surface area contributed by atoms with Crippen LogP contribution in [0.3, 0.4) is 0 Å². The predicted octanol–water partition coefficient (Wildman–Crippen LogP) is 2.42. The van der Waals surface area contributed by atoms with Crippen LogP contribution in [0, 0.1) is 0 Å². The Morgan fingerprint density at radius 3 is 2.37 bits per heavy atom. The van der Waals surface area contributed by atoms with Crippen LogP contribution in [-0.2, 0) is 11.2 Å². The summed E-state index contributed by atoms with van der Waals surface area (Å²) in [7, 11) is 0. The van der Waals surface area contributed by atoms with Crippen molar-refractivity contribution in [2.45, 2.75) is 64.3 Å². The van der Waals surface area contributed by atoms with Crippen LogP contribution in [0.2, 0.25) is 0 Å². The molecule has 4 N–H and O–H groups in total. The first-order valence-electron chi connectivity index (χ1n) is 9.81. The van der Waals surface area contributed by atoms with E-state index in [0.717, 1.165) is 24.8 Å². The number of hydrogen-bond donors (Lipinski definition) is 4. The van der Waals surface area contributed by atoms with Crippen molar-refractivity contribution in [2.24, 2.45) is 0 Å². The molecule has 0 atom stereocenters. The van der Waals surface area contributed by atoms with E-state index in [1.807, 2.05) is 19.1 Å². The first kappa shape index (κ1) is 20.7. The molecule has 1 aliphatic rings. The second-order valence-corrected chi connectivity index (χ2v) is 6.89. The fourth-order valence-electron chi connectivity index (χ4n) is 3.09. The molecule has 7 nitrogen and oxygen atoms in total. The summed E-state index contributed by atoms with van der Waals surface area (Å²) in [5.41, 5.74) is 6.44. The van der Waals surface area contributed by atoms with Gasteiger partial charge in [0, 0.05) is 24.6 Å². The summed E-state index contributed by atoms with van der Waals surface area (Å²) in [6, 6.07) is 7.33. The molecule has 0 unspecified atom stereocenters. The fourth-order valence-corrected chi connectivity index (χ4v) is 3.09. The Labute approximate surface area is 160 Å². The van der Waals surface area contributed by atoms with E-state index >= 15 is 0 Å². The van der Waals surface area contributed by atoms with E-state index in [0.29, 0.717) is 18.5 Å². The van der Waals surface area contributed by atoms with E-state index in [-0.39, 0.29) is 30.3 Å². The van der Waals surface area contributed by atoms with Crippen LogP contribution in [0.5, 0.6) is 0 Å². The van der Waals surface area contributed by atoms with E-state index in [9.17, 15) is 14.4 Å². The SMILES string of the molecule is CCc1ccc(C(=O)NNC(=O)CCCNC(=O)NC2CCCCC2)cc1. The summed E-state index contributed by atoms with van der Waals surface area (Å²) in [4.78, 5) is 35.5. The van der Waals surface area contributed by atoms with Gasteiger partial charge in [-0.15, -0.1) is 0 Å². The van der Waals surface area contributed by atoms with Crippen LogP contribution in [-0.4, -0.2) is 30.4 Å². The maximum Gasteiger partial charge on any atom is 0.315 e. The van der Waals surface area contributed by atoms with E-state index in [1.54, 1.807) is 12.1 Å². The van der Waals surface area contributed by atoms with Crippen molar-refractivity contribution in [3.63, 3.8) is 0 Å². The highest BCUT2D eigenvalue weighted by molar-refractivity contribution is 5.95. The molecule has 27 heavy (non-hydrogen) atoms. The van der Waals surface area contributed by atoms with Gasteiger partial charge in [0.15, 0.2) is 0 Å². The lowest BCUT2D eigenvalue weighted by Crippen LogP contribution is -2.44. The molecule has 4 amide bonds. The van der Waals surface area contributed by atoms with Crippen LogP contribution in [0.4, 0.5) is 4.79 Å². The number of carbonyl (C=O) groups is 3. The van der Waals surface area contributed by atoms with Gasteiger partial charge in [-0.1, -0.05) is 38.3 Å². The van der Waals surface area contributed by atoms with Crippen molar-refractivity contribution >= 4 is 17.8 Å². The van der Waals surface area contributed by atoms with E-state index in [4.69, 9.17) is 0 Å². The minimum Gasteiger partial charge on any atom is -0.338 e. The smallest absolute Gasteiger partial charge is 0.315 e. The number of rotatable bonds is 7. The van der Waals surface area contributed by atoms with Crippen LogP contribution < -0.4 is 21.5 Å². The minimum absolute atomic E-state index is 0.175. The molecule has 0 spiro atoms. The fraction of sp³-hybridized carbons (Fsp3) is 0.550. The molecule has 1 aromatic rings. The number of amides is 4. The number of benzene rings is 1. The standard InChI is InChI=1S/C20H30N4O3/c1-2-15-10-12-16(13-11-15)19(26)24-23-18(25)9-6-14-21-20(27)22-17-7-4-3-5-8-17/h10-13,17H,2-9,14H2,1H3,(H,23,25)(H,24,26)(H2,21,22,27). The largest absolute Gasteiger partial charge is 0.338 e. The van der Waals surface area contributed by atoms with Crippen molar-refractivity contribution < 1.29 is 14.4 Å².